The molecule has 0 aliphatic carbocycles. The molecule has 0 saturated carbocycles. The first-order valence-corrected chi connectivity index (χ1v) is 6.69. The molecule has 1 fully saturated rings. The Morgan fingerprint density at radius 2 is 1.94 bits per heavy atom. The van der Waals surface area contributed by atoms with Crippen LogP contribution in [0.5, 0.6) is 0 Å². The van der Waals surface area contributed by atoms with Crippen LogP contribution in [-0.4, -0.2) is 37.0 Å². The molecule has 16 heavy (non-hydrogen) atoms. The van der Waals surface area contributed by atoms with Crippen molar-refractivity contribution in [3.05, 3.63) is 29.8 Å². The zero-order valence-electron chi connectivity index (χ0n) is 9.13. The number of benzene rings is 1. The van der Waals surface area contributed by atoms with Crippen LogP contribution in [0.15, 0.2) is 29.2 Å². The Kier molecular flexibility index (Phi) is 3.01. The van der Waals surface area contributed by atoms with Crippen molar-refractivity contribution in [3.63, 3.8) is 0 Å². The van der Waals surface area contributed by atoms with Gasteiger partial charge in [-0.25, -0.2) is 8.42 Å². The second kappa shape index (κ2) is 4.16. The van der Waals surface area contributed by atoms with Crippen molar-refractivity contribution >= 4 is 10.0 Å². The molecule has 1 aromatic carbocycles. The lowest BCUT2D eigenvalue weighted by atomic mass is 10.2. The molecule has 88 valence electrons. The molecular formula is C11H15NO3S. The van der Waals surface area contributed by atoms with E-state index in [1.54, 1.807) is 24.3 Å². The van der Waals surface area contributed by atoms with Gasteiger partial charge in [0.25, 0.3) is 0 Å². The van der Waals surface area contributed by atoms with E-state index in [-0.39, 0.29) is 6.54 Å². The SMILES string of the molecule is Cc1ccc(S(=O)(=O)N2CC[C@@H](O)C2)cc1. The summed E-state index contributed by atoms with van der Waals surface area (Å²) >= 11 is 0. The molecule has 0 amide bonds. The quantitative estimate of drug-likeness (QED) is 0.831. The molecule has 1 aromatic rings. The molecule has 1 N–H and O–H groups in total. The van der Waals surface area contributed by atoms with Gasteiger partial charge in [0.1, 0.15) is 0 Å². The van der Waals surface area contributed by atoms with Crippen LogP contribution in [0.25, 0.3) is 0 Å². The van der Waals surface area contributed by atoms with E-state index < -0.39 is 16.1 Å². The van der Waals surface area contributed by atoms with Gasteiger partial charge in [-0.3, -0.25) is 0 Å². The summed E-state index contributed by atoms with van der Waals surface area (Å²) in [4.78, 5) is 0.298. The highest BCUT2D eigenvalue weighted by atomic mass is 32.2. The number of aliphatic hydroxyl groups excluding tert-OH is 1. The summed E-state index contributed by atoms with van der Waals surface area (Å²) in [6.07, 6.45) is -0.00863. The van der Waals surface area contributed by atoms with E-state index in [0.717, 1.165) is 5.56 Å². The van der Waals surface area contributed by atoms with Crippen molar-refractivity contribution in [1.29, 1.82) is 0 Å². The van der Waals surface area contributed by atoms with Gasteiger partial charge in [-0.1, -0.05) is 17.7 Å². The highest BCUT2D eigenvalue weighted by Crippen LogP contribution is 2.21. The van der Waals surface area contributed by atoms with Crippen molar-refractivity contribution in [2.45, 2.75) is 24.3 Å². The lowest BCUT2D eigenvalue weighted by Crippen LogP contribution is -2.29. The molecule has 0 unspecified atom stereocenters. The number of rotatable bonds is 2. The molecule has 1 heterocycles. The van der Waals surface area contributed by atoms with Crippen molar-refractivity contribution in [2.75, 3.05) is 13.1 Å². The highest BCUT2D eigenvalue weighted by Gasteiger charge is 2.31. The van der Waals surface area contributed by atoms with E-state index in [0.29, 0.717) is 17.9 Å². The van der Waals surface area contributed by atoms with Gasteiger partial charge in [0, 0.05) is 13.1 Å². The zero-order valence-corrected chi connectivity index (χ0v) is 9.94. The van der Waals surface area contributed by atoms with Crippen LogP contribution in [0.3, 0.4) is 0 Å². The second-order valence-corrected chi connectivity index (χ2v) is 6.06. The van der Waals surface area contributed by atoms with Crippen molar-refractivity contribution in [2.24, 2.45) is 0 Å². The number of hydrogen-bond acceptors (Lipinski definition) is 3. The fraction of sp³-hybridized carbons (Fsp3) is 0.455. The van der Waals surface area contributed by atoms with Gasteiger partial charge >= 0.3 is 0 Å². The lowest BCUT2D eigenvalue weighted by Gasteiger charge is -2.15. The van der Waals surface area contributed by atoms with Crippen molar-refractivity contribution < 1.29 is 13.5 Å². The standard InChI is InChI=1S/C11H15NO3S/c1-9-2-4-11(5-3-9)16(14,15)12-7-6-10(13)8-12/h2-5,10,13H,6-8H2,1H3/t10-/m1/s1. The molecular weight excluding hydrogens is 226 g/mol. The summed E-state index contributed by atoms with van der Waals surface area (Å²) in [5.41, 5.74) is 1.03. The Morgan fingerprint density at radius 1 is 1.31 bits per heavy atom. The third kappa shape index (κ3) is 2.11. The van der Waals surface area contributed by atoms with Crippen molar-refractivity contribution in [3.8, 4) is 0 Å². The first-order chi connectivity index (χ1) is 7.50. The molecule has 5 heteroatoms. The van der Waals surface area contributed by atoms with E-state index in [1.807, 2.05) is 6.92 Å². The molecule has 0 aromatic heterocycles. The summed E-state index contributed by atoms with van der Waals surface area (Å²) in [6.45, 7) is 2.52. The van der Waals surface area contributed by atoms with E-state index in [4.69, 9.17) is 0 Å². The Balaban J connectivity index is 2.29. The van der Waals surface area contributed by atoms with Gasteiger partial charge in [-0.2, -0.15) is 4.31 Å². The summed E-state index contributed by atoms with van der Waals surface area (Å²) in [5.74, 6) is 0. The normalized spacial score (nSPS) is 22.5. The largest absolute Gasteiger partial charge is 0.392 e. The molecule has 2 rings (SSSR count). The first-order valence-electron chi connectivity index (χ1n) is 5.25. The maximum Gasteiger partial charge on any atom is 0.243 e. The summed E-state index contributed by atoms with van der Waals surface area (Å²) in [7, 11) is -3.42. The Bertz CT molecular complexity index is 467. The fourth-order valence-corrected chi connectivity index (χ4v) is 3.28. The van der Waals surface area contributed by atoms with E-state index in [9.17, 15) is 13.5 Å². The Labute approximate surface area is 95.6 Å². The average molecular weight is 241 g/mol. The predicted molar refractivity (Wildman–Crippen MR) is 60.6 cm³/mol. The maximum atomic E-state index is 12.1. The monoisotopic (exact) mass is 241 g/mol. The van der Waals surface area contributed by atoms with Gasteiger partial charge in [0.15, 0.2) is 0 Å². The Hall–Kier alpha value is -0.910. The molecule has 0 radical (unpaired) electrons. The van der Waals surface area contributed by atoms with Gasteiger partial charge in [-0.15, -0.1) is 0 Å². The molecule has 1 saturated heterocycles. The number of β-amino-alcohol motifs (C(OH)–C–C–N with tert-alkyl or cyclic N) is 1. The van der Waals surface area contributed by atoms with E-state index in [2.05, 4.69) is 0 Å². The topological polar surface area (TPSA) is 57.6 Å². The molecule has 1 aliphatic heterocycles. The fourth-order valence-electron chi connectivity index (χ4n) is 1.79. The first kappa shape index (κ1) is 11.6. The van der Waals surface area contributed by atoms with Crippen LogP contribution in [-0.2, 0) is 10.0 Å². The summed E-state index contributed by atoms with van der Waals surface area (Å²) in [5, 5.41) is 9.35. The minimum Gasteiger partial charge on any atom is -0.392 e. The lowest BCUT2D eigenvalue weighted by molar-refractivity contribution is 0.189. The number of nitrogens with zero attached hydrogens (tertiary/aromatic N) is 1. The molecule has 0 spiro atoms. The van der Waals surface area contributed by atoms with Gasteiger partial charge in [-0.05, 0) is 25.5 Å². The molecule has 1 aliphatic rings. The number of hydrogen-bond donors (Lipinski definition) is 1. The third-order valence-corrected chi connectivity index (χ3v) is 4.66. The van der Waals surface area contributed by atoms with Crippen LogP contribution in [0.2, 0.25) is 0 Å². The Morgan fingerprint density at radius 3 is 2.44 bits per heavy atom. The minimum atomic E-state index is -3.42. The number of sulfonamides is 1. The number of aryl methyl sites for hydroxylation is 1. The van der Waals surface area contributed by atoms with E-state index >= 15 is 0 Å². The van der Waals surface area contributed by atoms with Crippen LogP contribution < -0.4 is 0 Å². The summed E-state index contributed by atoms with van der Waals surface area (Å²) in [6, 6.07) is 6.77. The van der Waals surface area contributed by atoms with Gasteiger partial charge < -0.3 is 5.11 Å². The van der Waals surface area contributed by atoms with Gasteiger partial charge in [0.2, 0.25) is 10.0 Å². The minimum absolute atomic E-state index is 0.205. The molecule has 0 bridgehead atoms. The predicted octanol–water partition coefficient (Wildman–Crippen LogP) is 0.750. The van der Waals surface area contributed by atoms with Crippen molar-refractivity contribution in [1.82, 2.24) is 4.31 Å². The van der Waals surface area contributed by atoms with E-state index in [1.165, 1.54) is 4.31 Å². The molecule has 4 nitrogen and oxygen atoms in total. The second-order valence-electron chi connectivity index (χ2n) is 4.12. The average Bonchev–Trinajstić information content (AvgIpc) is 2.66. The van der Waals surface area contributed by atoms with Crippen LogP contribution in [0.4, 0.5) is 0 Å². The number of aliphatic hydroxyl groups is 1. The smallest absolute Gasteiger partial charge is 0.243 e. The third-order valence-electron chi connectivity index (χ3n) is 2.78. The highest BCUT2D eigenvalue weighted by molar-refractivity contribution is 7.89. The summed E-state index contributed by atoms with van der Waals surface area (Å²) < 4.78 is 25.5. The van der Waals surface area contributed by atoms with Gasteiger partial charge in [0.05, 0.1) is 11.0 Å². The van der Waals surface area contributed by atoms with Crippen LogP contribution in [0.1, 0.15) is 12.0 Å². The van der Waals surface area contributed by atoms with Crippen LogP contribution >= 0.6 is 0 Å². The molecule has 1 atom stereocenters. The zero-order chi connectivity index (χ0) is 11.8. The maximum absolute atomic E-state index is 12.1. The van der Waals surface area contributed by atoms with Crippen LogP contribution in [0, 0.1) is 6.92 Å².